The van der Waals surface area contributed by atoms with Gasteiger partial charge in [-0.3, -0.25) is 4.90 Å². The molecule has 3 heterocycles. The Kier molecular flexibility index (Phi) is 4.58. The van der Waals surface area contributed by atoms with Crippen molar-refractivity contribution >= 4 is 28.8 Å². The molecule has 27 heavy (non-hydrogen) atoms. The molecule has 6 heteroatoms. The molecule has 2 aliphatic rings. The smallest absolute Gasteiger partial charge is 0.424 e. The summed E-state index contributed by atoms with van der Waals surface area (Å²) in [5.41, 5.74) is 2.98. The highest BCUT2D eigenvalue weighted by molar-refractivity contribution is 6.29. The topological polar surface area (TPSA) is 56.4 Å². The van der Waals surface area contributed by atoms with Gasteiger partial charge >= 0.3 is 5.91 Å². The maximum Gasteiger partial charge on any atom is 0.424 e. The van der Waals surface area contributed by atoms with Crippen LogP contribution in [0.1, 0.15) is 30.0 Å². The molecule has 1 amide bonds. The summed E-state index contributed by atoms with van der Waals surface area (Å²) in [6.45, 7) is 0. The zero-order valence-electron chi connectivity index (χ0n) is 15.3. The van der Waals surface area contributed by atoms with Crippen LogP contribution in [-0.4, -0.2) is 51.3 Å². The number of rotatable bonds is 3. The fourth-order valence-corrected chi connectivity index (χ4v) is 4.23. The average Bonchev–Trinajstić information content (AvgIpc) is 3.08. The van der Waals surface area contributed by atoms with Crippen molar-refractivity contribution in [2.75, 3.05) is 14.1 Å². The van der Waals surface area contributed by atoms with Gasteiger partial charge in [-0.05, 0) is 31.8 Å². The van der Waals surface area contributed by atoms with E-state index < -0.39 is 0 Å². The SMILES string of the molecule is CN(C)C1C(O)=C(c2ccccc2)C(=O)[N+]2=C1CCC2c1ccc(Cl)nc1. The third-order valence-electron chi connectivity index (χ3n) is 5.27. The monoisotopic (exact) mass is 382 g/mol. The number of likely N-dealkylation sites (N-methyl/N-ethyl adjacent to an activating group) is 1. The molecule has 0 saturated heterocycles. The van der Waals surface area contributed by atoms with E-state index in [1.54, 1.807) is 12.3 Å². The quantitative estimate of drug-likeness (QED) is 0.652. The van der Waals surface area contributed by atoms with Gasteiger partial charge in [0.15, 0.2) is 11.8 Å². The van der Waals surface area contributed by atoms with Gasteiger partial charge < -0.3 is 5.11 Å². The number of carbonyl (C=O) groups excluding carboxylic acids is 1. The number of halogens is 1. The van der Waals surface area contributed by atoms with E-state index >= 15 is 0 Å². The zero-order valence-corrected chi connectivity index (χ0v) is 16.0. The minimum atomic E-state index is -0.317. The number of amides is 1. The molecule has 0 aliphatic carbocycles. The molecule has 2 aliphatic heterocycles. The fourth-order valence-electron chi connectivity index (χ4n) is 4.12. The third-order valence-corrected chi connectivity index (χ3v) is 5.50. The van der Waals surface area contributed by atoms with E-state index in [4.69, 9.17) is 11.6 Å². The van der Waals surface area contributed by atoms with Crippen molar-refractivity contribution in [3.63, 3.8) is 0 Å². The Morgan fingerprint density at radius 2 is 1.93 bits per heavy atom. The van der Waals surface area contributed by atoms with Crippen LogP contribution < -0.4 is 0 Å². The highest BCUT2D eigenvalue weighted by Gasteiger charge is 2.51. The lowest BCUT2D eigenvalue weighted by Crippen LogP contribution is -2.46. The molecule has 4 rings (SSSR count). The molecule has 5 nitrogen and oxygen atoms in total. The summed E-state index contributed by atoms with van der Waals surface area (Å²) in [6, 6.07) is 12.6. The van der Waals surface area contributed by atoms with Crippen LogP contribution in [0.4, 0.5) is 0 Å². The largest absolute Gasteiger partial charge is 0.509 e. The lowest BCUT2D eigenvalue weighted by Gasteiger charge is -2.27. The number of aliphatic hydroxyl groups excluding tert-OH is 1. The first-order chi connectivity index (χ1) is 13.0. The van der Waals surface area contributed by atoms with Gasteiger partial charge in [0.1, 0.15) is 22.5 Å². The number of carbonyl (C=O) groups is 1. The Hall–Kier alpha value is -2.50. The lowest BCUT2D eigenvalue weighted by molar-refractivity contribution is -0.483. The second-order valence-electron chi connectivity index (χ2n) is 7.13. The van der Waals surface area contributed by atoms with Crippen molar-refractivity contribution in [1.82, 2.24) is 9.88 Å². The molecule has 2 unspecified atom stereocenters. The molecule has 1 aromatic heterocycles. The molecule has 0 radical (unpaired) electrons. The van der Waals surface area contributed by atoms with Crippen LogP contribution in [0.15, 0.2) is 54.4 Å². The average molecular weight is 383 g/mol. The minimum absolute atomic E-state index is 0.105. The molecule has 1 N–H and O–H groups in total. The van der Waals surface area contributed by atoms with Gasteiger partial charge in [0.05, 0.1) is 0 Å². The number of nitrogens with zero attached hydrogens (tertiary/aromatic N) is 3. The van der Waals surface area contributed by atoms with Crippen LogP contribution in [0, 0.1) is 0 Å². The first kappa shape index (κ1) is 17.9. The lowest BCUT2D eigenvalue weighted by atomic mass is 9.94. The van der Waals surface area contributed by atoms with Gasteiger partial charge in [-0.1, -0.05) is 41.9 Å². The number of pyridine rings is 1. The van der Waals surface area contributed by atoms with E-state index in [1.165, 1.54) is 0 Å². The van der Waals surface area contributed by atoms with Crippen molar-refractivity contribution in [1.29, 1.82) is 0 Å². The van der Waals surface area contributed by atoms with Gasteiger partial charge in [-0.15, -0.1) is 0 Å². The Morgan fingerprint density at radius 3 is 2.56 bits per heavy atom. The number of hydrogen-bond acceptors (Lipinski definition) is 4. The first-order valence-corrected chi connectivity index (χ1v) is 9.32. The van der Waals surface area contributed by atoms with Crippen molar-refractivity contribution in [2.24, 2.45) is 0 Å². The molecule has 1 aromatic carbocycles. The number of aromatic nitrogens is 1. The first-order valence-electron chi connectivity index (χ1n) is 8.94. The number of aliphatic hydroxyl groups is 1. The molecule has 2 aromatic rings. The Bertz CT molecular complexity index is 949. The van der Waals surface area contributed by atoms with Crippen LogP contribution in [0.25, 0.3) is 5.57 Å². The highest BCUT2D eigenvalue weighted by atomic mass is 35.5. The molecule has 2 atom stereocenters. The minimum Gasteiger partial charge on any atom is -0.509 e. The molecule has 0 spiro atoms. The van der Waals surface area contributed by atoms with E-state index in [0.717, 1.165) is 29.7 Å². The molecular formula is C21H21ClN3O2+. The zero-order chi connectivity index (χ0) is 19.1. The van der Waals surface area contributed by atoms with E-state index in [2.05, 4.69) is 4.98 Å². The van der Waals surface area contributed by atoms with Gasteiger partial charge in [0.2, 0.25) is 0 Å². The Labute approximate surface area is 163 Å². The van der Waals surface area contributed by atoms with Crippen LogP contribution in [0.3, 0.4) is 0 Å². The normalized spacial score (nSPS) is 22.6. The Morgan fingerprint density at radius 1 is 1.19 bits per heavy atom. The van der Waals surface area contributed by atoms with Crippen LogP contribution in [-0.2, 0) is 4.79 Å². The summed E-state index contributed by atoms with van der Waals surface area (Å²) in [5, 5.41) is 11.4. The predicted octanol–water partition coefficient (Wildman–Crippen LogP) is 3.46. The van der Waals surface area contributed by atoms with Crippen molar-refractivity contribution in [3.05, 3.63) is 70.7 Å². The summed E-state index contributed by atoms with van der Waals surface area (Å²) in [6.07, 6.45) is 3.27. The van der Waals surface area contributed by atoms with Gasteiger partial charge in [-0.2, -0.15) is 4.58 Å². The van der Waals surface area contributed by atoms with Gasteiger partial charge in [-0.25, -0.2) is 9.78 Å². The second-order valence-corrected chi connectivity index (χ2v) is 7.51. The molecule has 138 valence electrons. The van der Waals surface area contributed by atoms with Gasteiger partial charge in [0.25, 0.3) is 0 Å². The predicted molar refractivity (Wildman–Crippen MR) is 105 cm³/mol. The van der Waals surface area contributed by atoms with Crippen molar-refractivity contribution in [3.8, 4) is 0 Å². The van der Waals surface area contributed by atoms with E-state index in [1.807, 2.05) is 60.0 Å². The molecular weight excluding hydrogens is 362 g/mol. The maximum atomic E-state index is 13.5. The van der Waals surface area contributed by atoms with Crippen molar-refractivity contribution < 1.29 is 14.5 Å². The molecule has 0 saturated carbocycles. The molecule has 0 bridgehead atoms. The highest BCUT2D eigenvalue weighted by Crippen LogP contribution is 2.38. The van der Waals surface area contributed by atoms with E-state index in [0.29, 0.717) is 10.7 Å². The van der Waals surface area contributed by atoms with E-state index in [-0.39, 0.29) is 23.8 Å². The summed E-state index contributed by atoms with van der Waals surface area (Å²) in [4.78, 5) is 19.6. The maximum absolute atomic E-state index is 13.5. The standard InChI is InChI=1S/C21H20ClN3O2/c1-24(2)19-16-10-9-15(14-8-11-17(22)23-12-14)25(16)21(27)18(20(19)26)13-6-4-3-5-7-13/h3-8,11-12,15,19H,9-10H2,1-2H3/p+1. The summed E-state index contributed by atoms with van der Waals surface area (Å²) in [7, 11) is 3.84. The third kappa shape index (κ3) is 2.97. The molecule has 0 fully saturated rings. The van der Waals surface area contributed by atoms with Crippen molar-refractivity contribution in [2.45, 2.75) is 24.9 Å². The summed E-state index contributed by atoms with van der Waals surface area (Å²) in [5.74, 6) is -0.0402. The summed E-state index contributed by atoms with van der Waals surface area (Å²) < 4.78 is 1.84. The summed E-state index contributed by atoms with van der Waals surface area (Å²) >= 11 is 5.93. The van der Waals surface area contributed by atoms with Crippen LogP contribution >= 0.6 is 11.6 Å². The fraction of sp³-hybridized carbons (Fsp3) is 0.286. The van der Waals surface area contributed by atoms with E-state index in [9.17, 15) is 9.90 Å². The number of hydrogen-bond donors (Lipinski definition) is 1. The van der Waals surface area contributed by atoms with Gasteiger partial charge in [0, 0.05) is 24.6 Å². The second kappa shape index (κ2) is 6.91. The Balaban J connectivity index is 1.85. The van der Waals surface area contributed by atoms with Crippen LogP contribution in [0.5, 0.6) is 0 Å². The number of benzene rings is 1. The van der Waals surface area contributed by atoms with Crippen LogP contribution in [0.2, 0.25) is 5.15 Å².